The molecule has 1 N–H and O–H groups in total. The summed E-state index contributed by atoms with van der Waals surface area (Å²) in [4.78, 5) is 28.4. The van der Waals surface area contributed by atoms with Crippen molar-refractivity contribution in [2.45, 2.75) is 0 Å². The first-order chi connectivity index (χ1) is 17.0. The highest BCUT2D eigenvalue weighted by Gasteiger charge is 2.14. The van der Waals surface area contributed by atoms with Crippen LogP contribution in [0.4, 0.5) is 11.4 Å². The number of nitrogens with one attached hydrogen (secondary N) is 1. The summed E-state index contributed by atoms with van der Waals surface area (Å²) < 4.78 is 0.800. The van der Waals surface area contributed by atoms with Gasteiger partial charge >= 0.3 is 0 Å². The van der Waals surface area contributed by atoms with Gasteiger partial charge in [-0.1, -0.05) is 42.5 Å². The van der Waals surface area contributed by atoms with E-state index in [2.05, 4.69) is 21.2 Å². The molecule has 0 atom stereocenters. The summed E-state index contributed by atoms with van der Waals surface area (Å²) >= 11 is 3.46. The van der Waals surface area contributed by atoms with Crippen molar-refractivity contribution in [2.75, 3.05) is 5.32 Å². The lowest BCUT2D eigenvalue weighted by atomic mass is 9.97. The molecule has 0 aliphatic carbocycles. The Kier molecular flexibility index (Phi) is 6.08. The molecular weight excluding hydrogens is 506 g/mol. The van der Waals surface area contributed by atoms with Crippen LogP contribution < -0.4 is 5.32 Å². The zero-order valence-corrected chi connectivity index (χ0v) is 19.9. The number of pyridine rings is 1. The van der Waals surface area contributed by atoms with Crippen molar-refractivity contribution < 1.29 is 9.72 Å². The summed E-state index contributed by atoms with van der Waals surface area (Å²) in [6, 6.07) is 31.0. The number of carbonyl (C=O) groups excluding carboxylic acids is 1. The molecule has 5 rings (SSSR count). The number of nitrogens with zero attached hydrogens (tertiary/aromatic N) is 2. The van der Waals surface area contributed by atoms with Crippen LogP contribution in [0.15, 0.2) is 108 Å². The molecule has 0 saturated carbocycles. The summed E-state index contributed by atoms with van der Waals surface area (Å²) in [6.45, 7) is 0. The second-order valence-electron chi connectivity index (χ2n) is 7.89. The molecule has 0 bridgehead atoms. The number of anilines is 1. The van der Waals surface area contributed by atoms with Gasteiger partial charge in [-0.05, 0) is 75.6 Å². The van der Waals surface area contributed by atoms with Gasteiger partial charge in [0.1, 0.15) is 0 Å². The second-order valence-corrected chi connectivity index (χ2v) is 8.75. The molecular formula is C28H18BrN3O3. The molecule has 0 fully saturated rings. The zero-order chi connectivity index (χ0) is 24.4. The fraction of sp³-hybridized carbons (Fsp3) is 0. The Morgan fingerprint density at radius 3 is 2.26 bits per heavy atom. The number of non-ortho nitro benzene ring substituents is 1. The highest BCUT2D eigenvalue weighted by molar-refractivity contribution is 9.10. The van der Waals surface area contributed by atoms with E-state index in [1.165, 1.54) is 12.1 Å². The molecule has 0 aliphatic rings. The molecule has 6 nitrogen and oxygen atoms in total. The summed E-state index contributed by atoms with van der Waals surface area (Å²) in [5.74, 6) is -0.225. The molecule has 0 spiro atoms. The van der Waals surface area contributed by atoms with Gasteiger partial charge < -0.3 is 5.32 Å². The fourth-order valence-corrected chi connectivity index (χ4v) is 4.27. The first-order valence-electron chi connectivity index (χ1n) is 10.8. The van der Waals surface area contributed by atoms with Gasteiger partial charge in [0.05, 0.1) is 21.8 Å². The number of amides is 1. The molecule has 0 saturated heterocycles. The van der Waals surface area contributed by atoms with E-state index in [1.54, 1.807) is 18.2 Å². The van der Waals surface area contributed by atoms with Crippen molar-refractivity contribution >= 4 is 44.1 Å². The number of nitro groups is 1. The number of halogens is 1. The molecule has 0 aliphatic heterocycles. The van der Waals surface area contributed by atoms with Crippen LogP contribution in [0, 0.1) is 10.1 Å². The Bertz CT molecular complexity index is 1570. The van der Waals surface area contributed by atoms with Gasteiger partial charge in [-0.25, -0.2) is 4.98 Å². The second kappa shape index (κ2) is 9.48. The Morgan fingerprint density at radius 1 is 0.829 bits per heavy atom. The van der Waals surface area contributed by atoms with Crippen molar-refractivity contribution in [1.29, 1.82) is 0 Å². The predicted octanol–water partition coefficient (Wildman–Crippen LogP) is 7.49. The lowest BCUT2D eigenvalue weighted by Crippen LogP contribution is -2.12. The van der Waals surface area contributed by atoms with Gasteiger partial charge in [0.15, 0.2) is 0 Å². The van der Waals surface area contributed by atoms with Crippen LogP contribution in [-0.4, -0.2) is 15.8 Å². The van der Waals surface area contributed by atoms with E-state index in [9.17, 15) is 14.9 Å². The van der Waals surface area contributed by atoms with Crippen molar-refractivity contribution in [2.24, 2.45) is 0 Å². The van der Waals surface area contributed by atoms with Crippen LogP contribution in [0.2, 0.25) is 0 Å². The van der Waals surface area contributed by atoms with Gasteiger partial charge in [0.2, 0.25) is 0 Å². The Hall–Kier alpha value is -4.36. The van der Waals surface area contributed by atoms with Crippen molar-refractivity contribution in [3.63, 3.8) is 0 Å². The van der Waals surface area contributed by atoms with Gasteiger partial charge in [-0.2, -0.15) is 0 Å². The monoisotopic (exact) mass is 523 g/mol. The van der Waals surface area contributed by atoms with Crippen LogP contribution in [0.25, 0.3) is 33.3 Å². The minimum absolute atomic E-state index is 0.0264. The minimum Gasteiger partial charge on any atom is -0.321 e. The summed E-state index contributed by atoms with van der Waals surface area (Å²) in [6.07, 6.45) is 0. The van der Waals surface area contributed by atoms with E-state index < -0.39 is 4.92 Å². The molecule has 1 heterocycles. The summed E-state index contributed by atoms with van der Waals surface area (Å²) in [5.41, 5.74) is 5.30. The number of hydrogen-bond acceptors (Lipinski definition) is 4. The third-order valence-corrected chi connectivity index (χ3v) is 6.34. The van der Waals surface area contributed by atoms with Crippen LogP contribution in [-0.2, 0) is 0 Å². The highest BCUT2D eigenvalue weighted by Crippen LogP contribution is 2.33. The standard InChI is InChI=1S/C28H18BrN3O3/c29-24-8-4-5-9-26(24)31-28(33)20-12-15-25-23(16-20)22(18-6-2-1-3-7-18)17-27(30-25)19-10-13-21(14-11-19)32(34)35/h1-17H,(H,31,33). The summed E-state index contributed by atoms with van der Waals surface area (Å²) in [5, 5.41) is 14.8. The number of benzene rings is 4. The van der Waals surface area contributed by atoms with E-state index >= 15 is 0 Å². The van der Waals surface area contributed by atoms with E-state index in [0.29, 0.717) is 16.9 Å². The SMILES string of the molecule is O=C(Nc1ccccc1Br)c1ccc2nc(-c3ccc([N+](=O)[O-])cc3)cc(-c3ccccc3)c2c1. The smallest absolute Gasteiger partial charge is 0.269 e. The average Bonchev–Trinajstić information content (AvgIpc) is 2.89. The number of hydrogen-bond donors (Lipinski definition) is 1. The molecule has 0 radical (unpaired) electrons. The molecule has 0 unspecified atom stereocenters. The largest absolute Gasteiger partial charge is 0.321 e. The molecule has 4 aromatic carbocycles. The number of para-hydroxylation sites is 1. The van der Waals surface area contributed by atoms with Crippen LogP contribution in [0.5, 0.6) is 0 Å². The third-order valence-electron chi connectivity index (χ3n) is 5.65. The van der Waals surface area contributed by atoms with E-state index in [4.69, 9.17) is 4.98 Å². The van der Waals surface area contributed by atoms with Crippen LogP contribution in [0.3, 0.4) is 0 Å². The minimum atomic E-state index is -0.423. The maximum absolute atomic E-state index is 13.0. The Balaban J connectivity index is 1.61. The quantitative estimate of drug-likeness (QED) is 0.191. The molecule has 170 valence electrons. The predicted molar refractivity (Wildman–Crippen MR) is 141 cm³/mol. The van der Waals surface area contributed by atoms with Crippen molar-refractivity contribution in [1.82, 2.24) is 4.98 Å². The average molecular weight is 524 g/mol. The van der Waals surface area contributed by atoms with Gasteiger partial charge in [0.25, 0.3) is 11.6 Å². The molecule has 1 amide bonds. The highest BCUT2D eigenvalue weighted by atomic mass is 79.9. The number of carbonyl (C=O) groups is 1. The lowest BCUT2D eigenvalue weighted by Gasteiger charge is -2.12. The Morgan fingerprint density at radius 2 is 1.54 bits per heavy atom. The molecule has 7 heteroatoms. The fourth-order valence-electron chi connectivity index (χ4n) is 3.88. The number of rotatable bonds is 5. The normalized spacial score (nSPS) is 10.8. The van der Waals surface area contributed by atoms with E-state index in [-0.39, 0.29) is 11.6 Å². The van der Waals surface area contributed by atoms with Gasteiger partial charge in [-0.15, -0.1) is 0 Å². The number of fused-ring (bicyclic) bond motifs is 1. The number of aromatic nitrogens is 1. The number of nitro benzene ring substituents is 1. The van der Waals surface area contributed by atoms with Crippen molar-refractivity contribution in [3.8, 4) is 22.4 Å². The lowest BCUT2D eigenvalue weighted by molar-refractivity contribution is -0.384. The van der Waals surface area contributed by atoms with Crippen molar-refractivity contribution in [3.05, 3.63) is 123 Å². The Labute approximate surface area is 209 Å². The summed E-state index contributed by atoms with van der Waals surface area (Å²) in [7, 11) is 0. The molecule has 35 heavy (non-hydrogen) atoms. The van der Waals surface area contributed by atoms with E-state index in [0.717, 1.165) is 32.1 Å². The van der Waals surface area contributed by atoms with Gasteiger partial charge in [-0.3, -0.25) is 14.9 Å². The van der Waals surface area contributed by atoms with E-state index in [1.807, 2.05) is 72.8 Å². The topological polar surface area (TPSA) is 85.1 Å². The molecule has 5 aromatic rings. The van der Waals surface area contributed by atoms with Crippen LogP contribution in [0.1, 0.15) is 10.4 Å². The van der Waals surface area contributed by atoms with Crippen LogP contribution >= 0.6 is 15.9 Å². The first-order valence-corrected chi connectivity index (χ1v) is 11.6. The van der Waals surface area contributed by atoms with Gasteiger partial charge in [0, 0.05) is 33.1 Å². The maximum atomic E-state index is 13.0. The zero-order valence-electron chi connectivity index (χ0n) is 18.3. The maximum Gasteiger partial charge on any atom is 0.269 e. The molecule has 1 aromatic heterocycles. The first kappa shape index (κ1) is 22.4. The third kappa shape index (κ3) is 4.67.